The number of aliphatic hydroxyl groups excluding tert-OH is 1. The van der Waals surface area contributed by atoms with Gasteiger partial charge in [-0.25, -0.2) is 9.97 Å². The molecule has 0 amide bonds. The fourth-order valence-electron chi connectivity index (χ4n) is 1.52. The zero-order valence-electron chi connectivity index (χ0n) is 9.90. The van der Waals surface area contributed by atoms with Gasteiger partial charge in [-0.3, -0.25) is 0 Å². The normalized spacial score (nSPS) is 12.4. The van der Waals surface area contributed by atoms with Crippen molar-refractivity contribution in [2.75, 3.05) is 24.2 Å². The van der Waals surface area contributed by atoms with Crippen LogP contribution in [-0.4, -0.2) is 28.2 Å². The van der Waals surface area contributed by atoms with E-state index < -0.39 is 0 Å². The third kappa shape index (κ3) is 3.34. The van der Waals surface area contributed by atoms with E-state index in [0.29, 0.717) is 11.7 Å². The van der Waals surface area contributed by atoms with E-state index in [4.69, 9.17) is 10.8 Å². The Morgan fingerprint density at radius 2 is 2.25 bits per heavy atom. The molecule has 5 nitrogen and oxygen atoms in total. The van der Waals surface area contributed by atoms with Crippen molar-refractivity contribution in [1.29, 1.82) is 0 Å². The Morgan fingerprint density at radius 1 is 1.50 bits per heavy atom. The average molecular weight is 224 g/mol. The predicted molar refractivity (Wildman–Crippen MR) is 65.2 cm³/mol. The topological polar surface area (TPSA) is 84.1 Å². The second kappa shape index (κ2) is 6.27. The van der Waals surface area contributed by atoms with Crippen molar-refractivity contribution in [1.82, 2.24) is 9.97 Å². The van der Waals surface area contributed by atoms with Crippen LogP contribution in [0.3, 0.4) is 0 Å². The van der Waals surface area contributed by atoms with E-state index in [9.17, 15) is 0 Å². The Bertz CT molecular complexity index is 330. The Kier molecular flexibility index (Phi) is 4.98. The highest BCUT2D eigenvalue weighted by atomic mass is 16.3. The lowest BCUT2D eigenvalue weighted by molar-refractivity contribution is 0.266. The van der Waals surface area contributed by atoms with Gasteiger partial charge in [0.1, 0.15) is 18.0 Å². The molecule has 0 aromatic carbocycles. The first-order valence-electron chi connectivity index (χ1n) is 5.63. The Labute approximate surface area is 96.1 Å². The van der Waals surface area contributed by atoms with Crippen LogP contribution >= 0.6 is 0 Å². The molecule has 0 bridgehead atoms. The third-order valence-corrected chi connectivity index (χ3v) is 2.57. The van der Waals surface area contributed by atoms with Crippen molar-refractivity contribution >= 4 is 11.6 Å². The van der Waals surface area contributed by atoms with Gasteiger partial charge in [-0.15, -0.1) is 0 Å². The lowest BCUT2D eigenvalue weighted by atomic mass is 10.1. The molecule has 1 heterocycles. The van der Waals surface area contributed by atoms with Gasteiger partial charge in [-0.1, -0.05) is 13.8 Å². The predicted octanol–water partition coefficient (Wildman–Crippen LogP) is 1.05. The molecule has 16 heavy (non-hydrogen) atoms. The quantitative estimate of drug-likeness (QED) is 0.672. The Hall–Kier alpha value is -1.36. The van der Waals surface area contributed by atoms with E-state index in [-0.39, 0.29) is 6.61 Å². The number of nitrogen functional groups attached to an aromatic ring is 1. The van der Waals surface area contributed by atoms with E-state index >= 15 is 0 Å². The molecule has 0 saturated carbocycles. The van der Waals surface area contributed by atoms with Crippen LogP contribution in [0.4, 0.5) is 11.6 Å². The van der Waals surface area contributed by atoms with Crippen LogP contribution < -0.4 is 11.1 Å². The first-order valence-corrected chi connectivity index (χ1v) is 5.63. The molecule has 0 saturated heterocycles. The summed E-state index contributed by atoms with van der Waals surface area (Å²) in [5.41, 5.74) is 6.72. The molecule has 4 N–H and O–H groups in total. The largest absolute Gasteiger partial charge is 0.396 e. The molecule has 0 aliphatic heterocycles. The molecule has 0 aliphatic carbocycles. The lowest BCUT2D eigenvalue weighted by Gasteiger charge is -2.14. The molecule has 0 spiro atoms. The summed E-state index contributed by atoms with van der Waals surface area (Å²) in [5, 5.41) is 12.1. The molecular weight excluding hydrogens is 204 g/mol. The molecule has 1 atom stereocenters. The summed E-state index contributed by atoms with van der Waals surface area (Å²) in [5.74, 6) is 1.75. The molecule has 0 radical (unpaired) electrons. The molecule has 0 fully saturated rings. The minimum Gasteiger partial charge on any atom is -0.396 e. The van der Waals surface area contributed by atoms with Crippen LogP contribution in [-0.2, 0) is 6.42 Å². The maximum atomic E-state index is 8.81. The maximum Gasteiger partial charge on any atom is 0.134 e. The minimum atomic E-state index is 0.218. The highest BCUT2D eigenvalue weighted by Crippen LogP contribution is 2.17. The maximum absolute atomic E-state index is 8.81. The zero-order valence-corrected chi connectivity index (χ0v) is 9.90. The van der Waals surface area contributed by atoms with Crippen molar-refractivity contribution in [3.8, 4) is 0 Å². The molecular formula is C11H20N4O. The summed E-state index contributed by atoms with van der Waals surface area (Å²) in [6.45, 7) is 5.11. The van der Waals surface area contributed by atoms with E-state index in [1.165, 1.54) is 6.33 Å². The number of aromatic nitrogens is 2. The number of hydrogen-bond acceptors (Lipinski definition) is 5. The van der Waals surface area contributed by atoms with Gasteiger partial charge < -0.3 is 16.2 Å². The summed E-state index contributed by atoms with van der Waals surface area (Å²) < 4.78 is 0. The second-order valence-electron chi connectivity index (χ2n) is 3.94. The molecule has 1 aromatic rings. The molecule has 5 heteroatoms. The van der Waals surface area contributed by atoms with Gasteiger partial charge in [0.25, 0.3) is 0 Å². The van der Waals surface area contributed by atoms with Crippen molar-refractivity contribution in [2.45, 2.75) is 26.7 Å². The summed E-state index contributed by atoms with van der Waals surface area (Å²) in [6, 6.07) is 0. The summed E-state index contributed by atoms with van der Waals surface area (Å²) in [4.78, 5) is 8.14. The molecule has 1 unspecified atom stereocenters. The fraction of sp³-hybridized carbons (Fsp3) is 0.636. The van der Waals surface area contributed by atoms with E-state index in [1.807, 2.05) is 6.92 Å². The number of nitrogens with one attached hydrogen (secondary N) is 1. The number of rotatable bonds is 6. The van der Waals surface area contributed by atoms with Crippen molar-refractivity contribution in [3.63, 3.8) is 0 Å². The standard InChI is InChI=1S/C11H20N4O/c1-3-9-10(12)14-7-15-11(9)13-6-8(2)4-5-16/h7-8,16H,3-6H2,1-2H3,(H3,12,13,14,15). The van der Waals surface area contributed by atoms with Crippen LogP contribution in [0.25, 0.3) is 0 Å². The third-order valence-electron chi connectivity index (χ3n) is 2.57. The van der Waals surface area contributed by atoms with Crippen LogP contribution in [0.2, 0.25) is 0 Å². The number of hydrogen-bond donors (Lipinski definition) is 3. The molecule has 90 valence electrons. The van der Waals surface area contributed by atoms with Gasteiger partial charge in [0.05, 0.1) is 0 Å². The highest BCUT2D eigenvalue weighted by Gasteiger charge is 2.08. The van der Waals surface area contributed by atoms with Gasteiger partial charge in [0.15, 0.2) is 0 Å². The van der Waals surface area contributed by atoms with Crippen LogP contribution in [0, 0.1) is 5.92 Å². The van der Waals surface area contributed by atoms with Crippen LogP contribution in [0.1, 0.15) is 25.8 Å². The van der Waals surface area contributed by atoms with Crippen molar-refractivity contribution in [2.24, 2.45) is 5.92 Å². The number of nitrogens with zero attached hydrogens (tertiary/aromatic N) is 2. The average Bonchev–Trinajstić information content (AvgIpc) is 2.27. The summed E-state index contributed by atoms with van der Waals surface area (Å²) >= 11 is 0. The smallest absolute Gasteiger partial charge is 0.134 e. The van der Waals surface area contributed by atoms with E-state index in [2.05, 4.69) is 22.2 Å². The van der Waals surface area contributed by atoms with Gasteiger partial charge in [-0.05, 0) is 18.8 Å². The van der Waals surface area contributed by atoms with Crippen molar-refractivity contribution < 1.29 is 5.11 Å². The van der Waals surface area contributed by atoms with Gasteiger partial charge >= 0.3 is 0 Å². The summed E-state index contributed by atoms with van der Waals surface area (Å²) in [6.07, 6.45) is 3.06. The van der Waals surface area contributed by atoms with E-state index in [0.717, 1.165) is 30.8 Å². The molecule has 1 aromatic heterocycles. The van der Waals surface area contributed by atoms with Gasteiger partial charge in [-0.2, -0.15) is 0 Å². The van der Waals surface area contributed by atoms with Gasteiger partial charge in [0.2, 0.25) is 0 Å². The number of anilines is 2. The lowest BCUT2D eigenvalue weighted by Crippen LogP contribution is -2.15. The SMILES string of the molecule is CCc1c(N)ncnc1NCC(C)CCO. The second-order valence-corrected chi connectivity index (χ2v) is 3.94. The Morgan fingerprint density at radius 3 is 2.88 bits per heavy atom. The fourth-order valence-corrected chi connectivity index (χ4v) is 1.52. The molecule has 1 rings (SSSR count). The number of nitrogens with two attached hydrogens (primary N) is 1. The number of aliphatic hydroxyl groups is 1. The molecule has 0 aliphatic rings. The first-order chi connectivity index (χ1) is 7.69. The van der Waals surface area contributed by atoms with Gasteiger partial charge in [0, 0.05) is 18.7 Å². The Balaban J connectivity index is 2.63. The van der Waals surface area contributed by atoms with Crippen LogP contribution in [0.5, 0.6) is 0 Å². The zero-order chi connectivity index (χ0) is 12.0. The minimum absolute atomic E-state index is 0.218. The highest BCUT2D eigenvalue weighted by molar-refractivity contribution is 5.54. The summed E-state index contributed by atoms with van der Waals surface area (Å²) in [7, 11) is 0. The van der Waals surface area contributed by atoms with Crippen molar-refractivity contribution in [3.05, 3.63) is 11.9 Å². The van der Waals surface area contributed by atoms with Crippen LogP contribution in [0.15, 0.2) is 6.33 Å². The monoisotopic (exact) mass is 224 g/mol. The first kappa shape index (κ1) is 12.7. The van der Waals surface area contributed by atoms with E-state index in [1.54, 1.807) is 0 Å².